The highest BCUT2D eigenvalue weighted by Crippen LogP contribution is 2.29. The first-order valence-electron chi connectivity index (χ1n) is 9.22. The Morgan fingerprint density at radius 3 is 2.60 bits per heavy atom. The van der Waals surface area contributed by atoms with E-state index in [0.717, 1.165) is 27.8 Å². The Bertz CT molecular complexity index is 1240. The largest absolute Gasteiger partial charge is 0.419 e. The van der Waals surface area contributed by atoms with Crippen molar-refractivity contribution in [2.45, 2.75) is 11.8 Å². The van der Waals surface area contributed by atoms with Crippen LogP contribution in [0.5, 0.6) is 5.75 Å². The molecule has 148 valence electrons. The van der Waals surface area contributed by atoms with Crippen LogP contribution >= 0.6 is 12.0 Å². The molecule has 2 aromatic heterocycles. The molecule has 0 saturated heterocycles. The number of hydrogen-bond acceptors (Lipinski definition) is 7. The first kappa shape index (κ1) is 19.6. The number of pyridine rings is 1. The molecule has 0 saturated carbocycles. The van der Waals surface area contributed by atoms with E-state index in [9.17, 15) is 0 Å². The molecule has 30 heavy (non-hydrogen) atoms. The summed E-state index contributed by atoms with van der Waals surface area (Å²) in [6.45, 7) is 2.05. The smallest absolute Gasteiger partial charge is 0.156 e. The second kappa shape index (κ2) is 8.75. The Balaban J connectivity index is 1.60. The Kier molecular flexibility index (Phi) is 5.72. The summed E-state index contributed by atoms with van der Waals surface area (Å²) in [4.78, 5) is 14.3. The van der Waals surface area contributed by atoms with Gasteiger partial charge >= 0.3 is 0 Å². The Labute approximate surface area is 178 Å². The zero-order valence-corrected chi connectivity index (χ0v) is 17.1. The van der Waals surface area contributed by atoms with Crippen molar-refractivity contribution < 1.29 is 4.18 Å². The van der Waals surface area contributed by atoms with Crippen molar-refractivity contribution in [1.29, 1.82) is 5.41 Å². The van der Waals surface area contributed by atoms with Gasteiger partial charge in [-0.3, -0.25) is 9.97 Å². The Morgan fingerprint density at radius 2 is 1.83 bits per heavy atom. The van der Waals surface area contributed by atoms with Gasteiger partial charge in [0.1, 0.15) is 0 Å². The normalized spacial score (nSPS) is 11.4. The quantitative estimate of drug-likeness (QED) is 0.340. The van der Waals surface area contributed by atoms with Crippen molar-refractivity contribution in [3.05, 3.63) is 84.6 Å². The van der Waals surface area contributed by atoms with Gasteiger partial charge in [-0.2, -0.15) is 0 Å². The van der Waals surface area contributed by atoms with Crippen molar-refractivity contribution in [1.82, 2.24) is 15.0 Å². The van der Waals surface area contributed by atoms with E-state index >= 15 is 0 Å². The van der Waals surface area contributed by atoms with Crippen molar-refractivity contribution in [3.63, 3.8) is 0 Å². The molecule has 7 heteroatoms. The van der Waals surface area contributed by atoms with Gasteiger partial charge in [-0.05, 0) is 42.8 Å². The van der Waals surface area contributed by atoms with Crippen LogP contribution in [0.1, 0.15) is 11.3 Å². The minimum absolute atomic E-state index is 0.514. The number of allylic oxidation sites excluding steroid dienone is 1. The summed E-state index contributed by atoms with van der Waals surface area (Å²) in [6.07, 6.45) is 7.60. The highest BCUT2D eigenvalue weighted by atomic mass is 32.2. The molecule has 0 radical (unpaired) electrons. The van der Waals surface area contributed by atoms with Gasteiger partial charge < -0.3 is 15.3 Å². The zero-order valence-electron chi connectivity index (χ0n) is 16.2. The van der Waals surface area contributed by atoms with Crippen molar-refractivity contribution in [2.24, 2.45) is 5.73 Å². The average Bonchev–Trinajstić information content (AvgIpc) is 2.79. The monoisotopic (exact) mass is 413 g/mol. The van der Waals surface area contributed by atoms with Crippen LogP contribution in [0.3, 0.4) is 0 Å². The van der Waals surface area contributed by atoms with Gasteiger partial charge in [0.05, 0.1) is 41.2 Å². The maximum atomic E-state index is 7.45. The molecule has 2 aromatic carbocycles. The lowest BCUT2D eigenvalue weighted by molar-refractivity contribution is 0.642. The lowest BCUT2D eigenvalue weighted by Crippen LogP contribution is -1.96. The molecule has 4 rings (SSSR count). The fraction of sp³-hybridized carbons (Fsp3) is 0.0435. The zero-order chi connectivity index (χ0) is 20.9. The average molecular weight is 414 g/mol. The summed E-state index contributed by atoms with van der Waals surface area (Å²) in [6, 6.07) is 15.9. The van der Waals surface area contributed by atoms with Crippen LogP contribution < -0.4 is 9.92 Å². The summed E-state index contributed by atoms with van der Waals surface area (Å²) in [5, 5.41) is 7.45. The summed E-state index contributed by atoms with van der Waals surface area (Å²) in [5.41, 5.74) is 11.2. The Morgan fingerprint density at radius 1 is 1.00 bits per heavy atom. The first-order chi connectivity index (χ1) is 14.7. The second-order valence-corrected chi connectivity index (χ2v) is 7.42. The molecule has 0 unspecified atom stereocenters. The van der Waals surface area contributed by atoms with Gasteiger partial charge in [0.25, 0.3) is 0 Å². The highest BCUT2D eigenvalue weighted by Gasteiger charge is 2.07. The molecule has 0 bridgehead atoms. The molecule has 2 heterocycles. The van der Waals surface area contributed by atoms with Crippen LogP contribution in [0.4, 0.5) is 0 Å². The highest BCUT2D eigenvalue weighted by molar-refractivity contribution is 7.95. The number of benzene rings is 2. The third-order valence-electron chi connectivity index (χ3n) is 4.47. The maximum Gasteiger partial charge on any atom is 0.156 e. The van der Waals surface area contributed by atoms with Gasteiger partial charge in [-0.1, -0.05) is 23.8 Å². The Hall–Kier alpha value is -3.71. The molecule has 6 nitrogen and oxygen atoms in total. The number of hydrogen-bond donors (Lipinski definition) is 2. The van der Waals surface area contributed by atoms with Crippen molar-refractivity contribution >= 4 is 34.9 Å². The molecule has 3 N–H and O–H groups in total. The van der Waals surface area contributed by atoms with E-state index in [0.29, 0.717) is 22.5 Å². The third kappa shape index (κ3) is 4.31. The number of aryl methyl sites for hydroxylation is 1. The summed E-state index contributed by atoms with van der Waals surface area (Å²) >= 11 is 1.30. The first-order valence-corrected chi connectivity index (χ1v) is 9.96. The standard InChI is InChI=1S/C23H19N5OS/c1-15-2-5-20(6-3-15)30-29-19-8-17(12-26-13-19)16-4-7-21-22(9-16)28-23(14-27-21)18(10-24)11-25/h2-14,24H,25H2,1H3/b18-11+,24-10?. The molecule has 0 fully saturated rings. The minimum atomic E-state index is 0.514. The van der Waals surface area contributed by atoms with E-state index in [1.807, 2.05) is 36.4 Å². The SMILES string of the molecule is Cc1ccc(SOc2cncc(-c3ccc4ncc(/C(C=N)=C/N)nc4c3)c2)cc1. The minimum Gasteiger partial charge on any atom is -0.419 e. The molecule has 0 spiro atoms. The lowest BCUT2D eigenvalue weighted by atomic mass is 10.1. The number of aromatic nitrogens is 3. The maximum absolute atomic E-state index is 7.45. The lowest BCUT2D eigenvalue weighted by Gasteiger charge is -2.08. The van der Waals surface area contributed by atoms with Crippen LogP contribution in [0.2, 0.25) is 0 Å². The van der Waals surface area contributed by atoms with Crippen LogP contribution in [0.25, 0.3) is 27.7 Å². The molecule has 0 aliphatic carbocycles. The molecule has 0 atom stereocenters. The number of nitrogens with zero attached hydrogens (tertiary/aromatic N) is 3. The fourth-order valence-corrected chi connectivity index (χ4v) is 3.38. The summed E-state index contributed by atoms with van der Waals surface area (Å²) < 4.78 is 5.84. The van der Waals surface area contributed by atoms with E-state index in [2.05, 4.69) is 34.0 Å². The van der Waals surface area contributed by atoms with E-state index in [1.54, 1.807) is 18.6 Å². The van der Waals surface area contributed by atoms with Crippen molar-refractivity contribution in [3.8, 4) is 16.9 Å². The number of nitrogens with one attached hydrogen (secondary N) is 1. The van der Waals surface area contributed by atoms with E-state index in [1.165, 1.54) is 23.8 Å². The number of fused-ring (bicyclic) bond motifs is 1. The molecule has 0 amide bonds. The topological polar surface area (TPSA) is 97.8 Å². The predicted octanol–water partition coefficient (Wildman–Crippen LogP) is 5.04. The van der Waals surface area contributed by atoms with Gasteiger partial charge in [0.2, 0.25) is 0 Å². The summed E-state index contributed by atoms with van der Waals surface area (Å²) in [5.74, 6) is 0.662. The summed E-state index contributed by atoms with van der Waals surface area (Å²) in [7, 11) is 0. The molecule has 0 aliphatic heterocycles. The molecular weight excluding hydrogens is 394 g/mol. The number of nitrogens with two attached hydrogens (primary N) is 1. The van der Waals surface area contributed by atoms with E-state index in [4.69, 9.17) is 15.3 Å². The van der Waals surface area contributed by atoms with Crippen LogP contribution in [0.15, 0.2) is 78.2 Å². The number of rotatable bonds is 6. The fourth-order valence-electron chi connectivity index (χ4n) is 2.85. The second-order valence-electron chi connectivity index (χ2n) is 6.61. The van der Waals surface area contributed by atoms with Gasteiger partial charge in [0.15, 0.2) is 5.75 Å². The van der Waals surface area contributed by atoms with Crippen LogP contribution in [0, 0.1) is 12.3 Å². The predicted molar refractivity (Wildman–Crippen MR) is 121 cm³/mol. The van der Waals surface area contributed by atoms with Crippen molar-refractivity contribution in [2.75, 3.05) is 0 Å². The van der Waals surface area contributed by atoms with E-state index in [-0.39, 0.29) is 0 Å². The molecule has 0 aliphatic rings. The van der Waals surface area contributed by atoms with Gasteiger partial charge in [0, 0.05) is 34.6 Å². The van der Waals surface area contributed by atoms with Gasteiger partial charge in [-0.25, -0.2) is 4.98 Å². The molecular formula is C23H19N5OS. The van der Waals surface area contributed by atoms with Crippen LogP contribution in [-0.2, 0) is 0 Å². The van der Waals surface area contributed by atoms with E-state index < -0.39 is 0 Å². The molecule has 4 aromatic rings. The third-order valence-corrected chi connectivity index (χ3v) is 5.22. The van der Waals surface area contributed by atoms with Crippen LogP contribution in [-0.4, -0.2) is 21.2 Å². The van der Waals surface area contributed by atoms with Gasteiger partial charge in [-0.15, -0.1) is 0 Å².